The molecular weight excluding hydrogens is 224 g/mol. The average molecular weight is 254 g/mol. The molecule has 0 aromatic rings. The Bertz CT molecular complexity index is 239. The number of ether oxygens (including phenoxy) is 1. The molecule has 0 spiro atoms. The first kappa shape index (κ1) is 14.3. The molecule has 1 heterocycles. The van der Waals surface area contributed by atoms with Gasteiger partial charge in [0, 0.05) is 19.2 Å². The van der Waals surface area contributed by atoms with Crippen LogP contribution in [0.25, 0.3) is 0 Å². The van der Waals surface area contributed by atoms with Crippen molar-refractivity contribution in [1.29, 1.82) is 0 Å². The predicted octanol–water partition coefficient (Wildman–Crippen LogP) is 2.41. The van der Waals surface area contributed by atoms with Gasteiger partial charge in [0.05, 0.1) is 6.10 Å². The summed E-state index contributed by atoms with van der Waals surface area (Å²) in [5, 5.41) is 3.62. The minimum absolute atomic E-state index is 0.429. The number of piperidine rings is 1. The highest BCUT2D eigenvalue weighted by Crippen LogP contribution is 2.31. The minimum atomic E-state index is 0.429. The van der Waals surface area contributed by atoms with Gasteiger partial charge in [0.15, 0.2) is 0 Å². The highest BCUT2D eigenvalue weighted by atomic mass is 16.5. The van der Waals surface area contributed by atoms with Gasteiger partial charge in [-0.1, -0.05) is 19.3 Å². The van der Waals surface area contributed by atoms with Gasteiger partial charge in [-0.25, -0.2) is 0 Å². The van der Waals surface area contributed by atoms with E-state index in [2.05, 4.69) is 17.3 Å². The van der Waals surface area contributed by atoms with Crippen LogP contribution in [0.2, 0.25) is 0 Å². The third-order valence-corrected chi connectivity index (χ3v) is 5.04. The Kier molecular flexibility index (Phi) is 5.46. The van der Waals surface area contributed by atoms with Gasteiger partial charge in [-0.15, -0.1) is 0 Å². The van der Waals surface area contributed by atoms with Crippen molar-refractivity contribution in [3.05, 3.63) is 0 Å². The Morgan fingerprint density at radius 2 is 2.00 bits per heavy atom. The monoisotopic (exact) mass is 254 g/mol. The lowest BCUT2D eigenvalue weighted by molar-refractivity contribution is 0.0269. The molecule has 1 atom stereocenters. The van der Waals surface area contributed by atoms with E-state index in [1.165, 1.54) is 64.5 Å². The number of hydrogen-bond donors (Lipinski definition) is 1. The maximum Gasteiger partial charge on any atom is 0.0698 e. The van der Waals surface area contributed by atoms with Gasteiger partial charge in [-0.3, -0.25) is 0 Å². The molecule has 1 aliphatic carbocycles. The second-order valence-electron chi connectivity index (χ2n) is 6.14. The fourth-order valence-corrected chi connectivity index (χ4v) is 3.63. The Morgan fingerprint density at radius 3 is 2.67 bits per heavy atom. The van der Waals surface area contributed by atoms with E-state index in [9.17, 15) is 0 Å². The van der Waals surface area contributed by atoms with Crippen LogP contribution in [-0.2, 0) is 4.74 Å². The SMILES string of the molecule is CNC1(CCN2CCCC(OC)C2)CCCCC1. The molecule has 3 heteroatoms. The maximum atomic E-state index is 5.51. The zero-order valence-corrected chi connectivity index (χ0v) is 12.2. The molecule has 1 saturated carbocycles. The lowest BCUT2D eigenvalue weighted by Crippen LogP contribution is -2.48. The summed E-state index contributed by atoms with van der Waals surface area (Å²) in [6.45, 7) is 3.64. The molecule has 18 heavy (non-hydrogen) atoms. The molecule has 106 valence electrons. The highest BCUT2D eigenvalue weighted by Gasteiger charge is 2.31. The molecule has 0 amide bonds. The lowest BCUT2D eigenvalue weighted by Gasteiger charge is -2.40. The fraction of sp³-hybridized carbons (Fsp3) is 1.00. The molecule has 2 fully saturated rings. The van der Waals surface area contributed by atoms with Crippen molar-refractivity contribution in [2.45, 2.75) is 63.0 Å². The summed E-state index contributed by atoms with van der Waals surface area (Å²) < 4.78 is 5.51. The number of hydrogen-bond acceptors (Lipinski definition) is 3. The quantitative estimate of drug-likeness (QED) is 0.815. The van der Waals surface area contributed by atoms with Crippen LogP contribution in [0.3, 0.4) is 0 Å². The first-order valence-electron chi connectivity index (χ1n) is 7.72. The van der Waals surface area contributed by atoms with Gasteiger partial charge in [-0.05, 0) is 52.2 Å². The number of nitrogens with zero attached hydrogens (tertiary/aromatic N) is 1. The van der Waals surface area contributed by atoms with E-state index in [4.69, 9.17) is 4.74 Å². The summed E-state index contributed by atoms with van der Waals surface area (Å²) in [4.78, 5) is 2.60. The van der Waals surface area contributed by atoms with Crippen LogP contribution >= 0.6 is 0 Å². The van der Waals surface area contributed by atoms with Crippen LogP contribution in [0, 0.1) is 0 Å². The Balaban J connectivity index is 1.78. The van der Waals surface area contributed by atoms with Crippen molar-refractivity contribution in [3.63, 3.8) is 0 Å². The summed E-state index contributed by atoms with van der Waals surface area (Å²) in [7, 11) is 4.00. The van der Waals surface area contributed by atoms with Crippen molar-refractivity contribution in [3.8, 4) is 0 Å². The summed E-state index contributed by atoms with van der Waals surface area (Å²) >= 11 is 0. The lowest BCUT2D eigenvalue weighted by atomic mass is 9.79. The largest absolute Gasteiger partial charge is 0.380 e. The third-order valence-electron chi connectivity index (χ3n) is 5.04. The van der Waals surface area contributed by atoms with Crippen molar-refractivity contribution >= 4 is 0 Å². The van der Waals surface area contributed by atoms with E-state index >= 15 is 0 Å². The van der Waals surface area contributed by atoms with Gasteiger partial charge in [0.1, 0.15) is 0 Å². The Labute approximate surface area is 112 Å². The molecule has 1 aliphatic heterocycles. The Hall–Kier alpha value is -0.120. The molecule has 2 aliphatic rings. The highest BCUT2D eigenvalue weighted by molar-refractivity contribution is 4.90. The molecular formula is C15H30N2O. The molecule has 0 radical (unpaired) electrons. The molecule has 1 unspecified atom stereocenters. The molecule has 2 rings (SSSR count). The second-order valence-corrected chi connectivity index (χ2v) is 6.14. The average Bonchev–Trinajstić information content (AvgIpc) is 2.46. The van der Waals surface area contributed by atoms with Crippen LogP contribution in [0.15, 0.2) is 0 Å². The molecule has 3 nitrogen and oxygen atoms in total. The molecule has 0 bridgehead atoms. The zero-order chi connectivity index (χ0) is 12.8. The molecule has 1 N–H and O–H groups in total. The molecule has 0 aromatic carbocycles. The van der Waals surface area contributed by atoms with Crippen LogP contribution in [0.4, 0.5) is 0 Å². The zero-order valence-electron chi connectivity index (χ0n) is 12.2. The maximum absolute atomic E-state index is 5.51. The van der Waals surface area contributed by atoms with Crippen LogP contribution in [0.1, 0.15) is 51.4 Å². The van der Waals surface area contributed by atoms with E-state index in [1.54, 1.807) is 0 Å². The fourth-order valence-electron chi connectivity index (χ4n) is 3.63. The van der Waals surface area contributed by atoms with Gasteiger partial charge < -0.3 is 15.0 Å². The summed E-state index contributed by atoms with van der Waals surface area (Å²) in [5.74, 6) is 0. The van der Waals surface area contributed by atoms with Gasteiger partial charge in [-0.2, -0.15) is 0 Å². The van der Waals surface area contributed by atoms with Crippen molar-refractivity contribution < 1.29 is 4.74 Å². The summed E-state index contributed by atoms with van der Waals surface area (Å²) in [6, 6.07) is 0. The first-order valence-corrected chi connectivity index (χ1v) is 7.72. The normalized spacial score (nSPS) is 29.3. The van der Waals surface area contributed by atoms with E-state index in [0.29, 0.717) is 11.6 Å². The topological polar surface area (TPSA) is 24.5 Å². The standard InChI is InChI=1S/C15H30N2O/c1-16-15(8-4-3-5-9-15)10-12-17-11-6-7-14(13-17)18-2/h14,16H,3-13H2,1-2H3. The number of rotatable bonds is 5. The van der Waals surface area contributed by atoms with Crippen molar-refractivity contribution in [2.75, 3.05) is 33.8 Å². The van der Waals surface area contributed by atoms with E-state index < -0.39 is 0 Å². The smallest absolute Gasteiger partial charge is 0.0698 e. The molecule has 1 saturated heterocycles. The summed E-state index contributed by atoms with van der Waals surface area (Å²) in [6.07, 6.45) is 11.3. The van der Waals surface area contributed by atoms with Gasteiger partial charge in [0.2, 0.25) is 0 Å². The van der Waals surface area contributed by atoms with E-state index in [0.717, 1.165) is 6.54 Å². The number of nitrogens with one attached hydrogen (secondary N) is 1. The third kappa shape index (κ3) is 3.69. The second kappa shape index (κ2) is 6.88. The van der Waals surface area contributed by atoms with Crippen LogP contribution < -0.4 is 5.32 Å². The van der Waals surface area contributed by atoms with Crippen molar-refractivity contribution in [2.24, 2.45) is 0 Å². The van der Waals surface area contributed by atoms with Crippen LogP contribution in [0.5, 0.6) is 0 Å². The Morgan fingerprint density at radius 1 is 1.22 bits per heavy atom. The predicted molar refractivity (Wildman–Crippen MR) is 76.0 cm³/mol. The number of likely N-dealkylation sites (tertiary alicyclic amines) is 1. The minimum Gasteiger partial charge on any atom is -0.380 e. The summed E-state index contributed by atoms with van der Waals surface area (Å²) in [5.41, 5.74) is 0.429. The van der Waals surface area contributed by atoms with E-state index in [-0.39, 0.29) is 0 Å². The van der Waals surface area contributed by atoms with Gasteiger partial charge in [0.25, 0.3) is 0 Å². The molecule has 0 aromatic heterocycles. The van der Waals surface area contributed by atoms with E-state index in [1.807, 2.05) is 7.11 Å². The number of methoxy groups -OCH3 is 1. The van der Waals surface area contributed by atoms with Crippen LogP contribution in [-0.4, -0.2) is 50.3 Å². The first-order chi connectivity index (χ1) is 8.78. The van der Waals surface area contributed by atoms with Crippen molar-refractivity contribution in [1.82, 2.24) is 10.2 Å². The van der Waals surface area contributed by atoms with Gasteiger partial charge >= 0.3 is 0 Å².